The van der Waals surface area contributed by atoms with E-state index in [4.69, 9.17) is 5.73 Å². The first kappa shape index (κ1) is 12.6. The van der Waals surface area contributed by atoms with Gasteiger partial charge in [0.05, 0.1) is 5.60 Å². The summed E-state index contributed by atoms with van der Waals surface area (Å²) in [5.41, 5.74) is 7.72. The lowest BCUT2D eigenvalue weighted by atomic mass is 9.86. The molecule has 1 aliphatic heterocycles. The van der Waals surface area contributed by atoms with E-state index in [0.717, 1.165) is 38.8 Å². The van der Waals surface area contributed by atoms with Crippen LogP contribution in [0.25, 0.3) is 0 Å². The van der Waals surface area contributed by atoms with Crippen molar-refractivity contribution in [2.24, 2.45) is 5.73 Å². The van der Waals surface area contributed by atoms with Crippen LogP contribution in [0.2, 0.25) is 0 Å². The maximum Gasteiger partial charge on any atom is 0.0675 e. The Kier molecular flexibility index (Phi) is 4.15. The Morgan fingerprint density at radius 3 is 2.47 bits per heavy atom. The van der Waals surface area contributed by atoms with Crippen LogP contribution in [-0.2, 0) is 13.0 Å². The van der Waals surface area contributed by atoms with E-state index in [-0.39, 0.29) is 0 Å². The number of aryl methyl sites for hydroxylation is 1. The lowest BCUT2D eigenvalue weighted by Gasteiger charge is -2.32. The Morgan fingerprint density at radius 1 is 1.18 bits per heavy atom. The molecule has 1 saturated heterocycles. The molecule has 0 bridgehead atoms. The molecule has 0 aromatic heterocycles. The maximum absolute atomic E-state index is 10.4. The van der Waals surface area contributed by atoms with Crippen LogP contribution in [0.5, 0.6) is 0 Å². The van der Waals surface area contributed by atoms with Gasteiger partial charge in [-0.25, -0.2) is 0 Å². The van der Waals surface area contributed by atoms with Crippen molar-refractivity contribution in [3.8, 4) is 0 Å². The second-order valence-electron chi connectivity index (χ2n) is 4.95. The average molecular weight is 234 g/mol. The van der Waals surface area contributed by atoms with E-state index < -0.39 is 5.60 Å². The van der Waals surface area contributed by atoms with Gasteiger partial charge in [0, 0.05) is 6.54 Å². The van der Waals surface area contributed by atoms with Gasteiger partial charge in [-0.15, -0.1) is 0 Å². The van der Waals surface area contributed by atoms with Gasteiger partial charge in [-0.05, 0) is 49.9 Å². The van der Waals surface area contributed by atoms with Crippen LogP contribution in [0.3, 0.4) is 0 Å². The third-order valence-electron chi connectivity index (χ3n) is 3.73. The number of nitrogens with one attached hydrogen (secondary N) is 1. The molecular weight excluding hydrogens is 212 g/mol. The number of benzene rings is 1. The molecule has 4 N–H and O–H groups in total. The summed E-state index contributed by atoms with van der Waals surface area (Å²) in [5.74, 6) is 0. The largest absolute Gasteiger partial charge is 0.390 e. The van der Waals surface area contributed by atoms with Gasteiger partial charge < -0.3 is 16.2 Å². The van der Waals surface area contributed by atoms with Crippen molar-refractivity contribution < 1.29 is 5.11 Å². The second kappa shape index (κ2) is 5.63. The van der Waals surface area contributed by atoms with Crippen LogP contribution < -0.4 is 11.1 Å². The predicted octanol–water partition coefficient (Wildman–Crippen LogP) is 1.19. The third kappa shape index (κ3) is 3.28. The molecule has 2 rings (SSSR count). The number of aliphatic hydroxyl groups is 1. The molecule has 0 amide bonds. The zero-order chi connectivity index (χ0) is 12.1. The molecule has 0 spiro atoms. The van der Waals surface area contributed by atoms with Crippen LogP contribution in [-0.4, -0.2) is 23.8 Å². The zero-order valence-electron chi connectivity index (χ0n) is 10.3. The van der Waals surface area contributed by atoms with Crippen molar-refractivity contribution in [2.75, 3.05) is 13.1 Å². The molecule has 1 fully saturated rings. The number of piperidine rings is 1. The minimum absolute atomic E-state index is 0.479. The Hall–Kier alpha value is -0.900. The molecule has 0 atom stereocenters. The normalized spacial score (nSPS) is 19.2. The first-order valence-corrected chi connectivity index (χ1v) is 6.43. The molecule has 1 aliphatic rings. The summed E-state index contributed by atoms with van der Waals surface area (Å²) in [6.07, 6.45) is 3.48. The summed E-state index contributed by atoms with van der Waals surface area (Å²) in [6.45, 7) is 2.43. The molecule has 0 unspecified atom stereocenters. The average Bonchev–Trinajstić information content (AvgIpc) is 2.38. The quantitative estimate of drug-likeness (QED) is 0.733. The predicted molar refractivity (Wildman–Crippen MR) is 69.7 cm³/mol. The van der Waals surface area contributed by atoms with E-state index in [1.54, 1.807) is 0 Å². The Balaban J connectivity index is 1.96. The lowest BCUT2D eigenvalue weighted by Crippen LogP contribution is -2.42. The molecular formula is C14H22N2O. The van der Waals surface area contributed by atoms with Crippen LogP contribution in [0.1, 0.15) is 30.4 Å². The zero-order valence-corrected chi connectivity index (χ0v) is 10.3. The molecule has 17 heavy (non-hydrogen) atoms. The number of nitrogens with two attached hydrogens (primary N) is 1. The SMILES string of the molecule is NCc1ccccc1CCC1(O)CCNCC1. The summed E-state index contributed by atoms with van der Waals surface area (Å²) in [5, 5.41) is 13.7. The van der Waals surface area contributed by atoms with Crippen LogP contribution >= 0.6 is 0 Å². The standard InChI is InChI=1S/C14H22N2O/c15-11-13-4-2-1-3-12(13)5-6-14(17)7-9-16-10-8-14/h1-4,16-17H,5-11,15H2. The smallest absolute Gasteiger partial charge is 0.0675 e. The van der Waals surface area contributed by atoms with Gasteiger partial charge in [0.1, 0.15) is 0 Å². The van der Waals surface area contributed by atoms with E-state index >= 15 is 0 Å². The fourth-order valence-corrected chi connectivity index (χ4v) is 2.51. The van der Waals surface area contributed by atoms with Gasteiger partial charge >= 0.3 is 0 Å². The van der Waals surface area contributed by atoms with Gasteiger partial charge in [0.25, 0.3) is 0 Å². The topological polar surface area (TPSA) is 58.3 Å². The first-order chi connectivity index (χ1) is 8.23. The molecule has 0 radical (unpaired) electrons. The highest BCUT2D eigenvalue weighted by Crippen LogP contribution is 2.24. The highest BCUT2D eigenvalue weighted by molar-refractivity contribution is 5.27. The van der Waals surface area contributed by atoms with Crippen LogP contribution in [0.15, 0.2) is 24.3 Å². The highest BCUT2D eigenvalue weighted by Gasteiger charge is 2.28. The van der Waals surface area contributed by atoms with E-state index in [1.807, 2.05) is 12.1 Å². The highest BCUT2D eigenvalue weighted by atomic mass is 16.3. The van der Waals surface area contributed by atoms with Gasteiger partial charge in [-0.3, -0.25) is 0 Å². The second-order valence-corrected chi connectivity index (χ2v) is 4.95. The number of hydrogen-bond acceptors (Lipinski definition) is 3. The number of rotatable bonds is 4. The molecule has 0 aliphatic carbocycles. The molecule has 1 aromatic carbocycles. The molecule has 3 nitrogen and oxygen atoms in total. The van der Waals surface area contributed by atoms with Gasteiger partial charge in [-0.2, -0.15) is 0 Å². The molecule has 1 aromatic rings. The van der Waals surface area contributed by atoms with Crippen molar-refractivity contribution in [3.05, 3.63) is 35.4 Å². The van der Waals surface area contributed by atoms with Crippen molar-refractivity contribution in [3.63, 3.8) is 0 Å². The minimum atomic E-state index is -0.479. The Bertz CT molecular complexity index is 359. The van der Waals surface area contributed by atoms with Crippen molar-refractivity contribution in [2.45, 2.75) is 37.8 Å². The van der Waals surface area contributed by atoms with Crippen molar-refractivity contribution in [1.82, 2.24) is 5.32 Å². The maximum atomic E-state index is 10.4. The van der Waals surface area contributed by atoms with E-state index in [9.17, 15) is 5.11 Å². The van der Waals surface area contributed by atoms with Crippen LogP contribution in [0.4, 0.5) is 0 Å². The van der Waals surface area contributed by atoms with E-state index in [1.165, 1.54) is 11.1 Å². The van der Waals surface area contributed by atoms with Crippen LogP contribution in [0, 0.1) is 0 Å². The van der Waals surface area contributed by atoms with Gasteiger partial charge in [-0.1, -0.05) is 24.3 Å². The molecule has 94 valence electrons. The fraction of sp³-hybridized carbons (Fsp3) is 0.571. The fourth-order valence-electron chi connectivity index (χ4n) is 2.51. The van der Waals surface area contributed by atoms with Crippen molar-refractivity contribution in [1.29, 1.82) is 0 Å². The van der Waals surface area contributed by atoms with Crippen molar-refractivity contribution >= 4 is 0 Å². The number of hydrogen-bond donors (Lipinski definition) is 3. The van der Waals surface area contributed by atoms with Gasteiger partial charge in [0.2, 0.25) is 0 Å². The molecule has 3 heteroatoms. The summed E-state index contributed by atoms with van der Waals surface area (Å²) >= 11 is 0. The third-order valence-corrected chi connectivity index (χ3v) is 3.73. The molecule has 1 heterocycles. The summed E-state index contributed by atoms with van der Waals surface area (Å²) in [4.78, 5) is 0. The minimum Gasteiger partial charge on any atom is -0.390 e. The van der Waals surface area contributed by atoms with E-state index in [2.05, 4.69) is 17.4 Å². The Morgan fingerprint density at radius 2 is 1.82 bits per heavy atom. The Labute approximate surface area is 103 Å². The lowest BCUT2D eigenvalue weighted by molar-refractivity contribution is 0.00278. The molecule has 0 saturated carbocycles. The van der Waals surface area contributed by atoms with Gasteiger partial charge in [0.15, 0.2) is 0 Å². The van der Waals surface area contributed by atoms with E-state index in [0.29, 0.717) is 6.54 Å². The monoisotopic (exact) mass is 234 g/mol. The summed E-state index contributed by atoms with van der Waals surface area (Å²) in [7, 11) is 0. The summed E-state index contributed by atoms with van der Waals surface area (Å²) < 4.78 is 0. The first-order valence-electron chi connectivity index (χ1n) is 6.43. The summed E-state index contributed by atoms with van der Waals surface area (Å²) in [6, 6.07) is 8.25.